The number of nitrogens with zero attached hydrogens (tertiary/aromatic N) is 1. The number of hydrogen-bond acceptors (Lipinski definition) is 3. The Kier molecular flexibility index (Phi) is 4.45. The van der Waals surface area contributed by atoms with Crippen molar-refractivity contribution >= 4 is 11.9 Å². The first-order valence-corrected chi connectivity index (χ1v) is 7.32. The molecule has 0 aromatic heterocycles. The first-order valence-electron chi connectivity index (χ1n) is 7.32. The van der Waals surface area contributed by atoms with E-state index in [4.69, 9.17) is 0 Å². The number of hydrogen-bond donors (Lipinski definition) is 2. The Balaban J connectivity index is 1.84. The highest BCUT2D eigenvalue weighted by atomic mass is 16.4. The van der Waals surface area contributed by atoms with Crippen molar-refractivity contribution in [3.05, 3.63) is 0 Å². The molecule has 1 heterocycles. The maximum atomic E-state index is 12.1. The van der Waals surface area contributed by atoms with E-state index in [1.165, 1.54) is 12.8 Å². The highest BCUT2D eigenvalue weighted by molar-refractivity contribution is 5.79. The van der Waals surface area contributed by atoms with Gasteiger partial charge in [-0.2, -0.15) is 0 Å². The number of aliphatic carboxylic acids is 1. The van der Waals surface area contributed by atoms with E-state index in [0.717, 1.165) is 6.42 Å². The summed E-state index contributed by atoms with van der Waals surface area (Å²) in [5, 5.41) is 12.7. The van der Waals surface area contributed by atoms with Crippen LogP contribution in [0.1, 0.15) is 45.4 Å². The number of nitrogens with one attached hydrogen (secondary N) is 1. The van der Waals surface area contributed by atoms with Gasteiger partial charge >= 0.3 is 5.97 Å². The van der Waals surface area contributed by atoms with Crippen molar-refractivity contribution in [2.45, 2.75) is 51.5 Å². The van der Waals surface area contributed by atoms with Crippen molar-refractivity contribution in [1.82, 2.24) is 10.2 Å². The molecular weight excluding hydrogens is 244 g/mol. The maximum absolute atomic E-state index is 12.1. The molecule has 2 aliphatic rings. The molecule has 19 heavy (non-hydrogen) atoms. The topological polar surface area (TPSA) is 69.6 Å². The lowest BCUT2D eigenvalue weighted by Gasteiger charge is -2.39. The summed E-state index contributed by atoms with van der Waals surface area (Å²) in [6.07, 6.45) is 4.99. The Labute approximate surface area is 114 Å². The molecule has 1 aliphatic carbocycles. The fourth-order valence-electron chi connectivity index (χ4n) is 2.79. The second kappa shape index (κ2) is 5.90. The molecule has 0 radical (unpaired) electrons. The maximum Gasteiger partial charge on any atom is 0.311 e. The molecule has 108 valence electrons. The quantitative estimate of drug-likeness (QED) is 0.760. The van der Waals surface area contributed by atoms with E-state index in [9.17, 15) is 14.7 Å². The van der Waals surface area contributed by atoms with Crippen molar-refractivity contribution in [3.63, 3.8) is 0 Å². The molecule has 2 fully saturated rings. The smallest absolute Gasteiger partial charge is 0.311 e. The summed E-state index contributed by atoms with van der Waals surface area (Å²) in [4.78, 5) is 25.3. The molecule has 1 aliphatic heterocycles. The van der Waals surface area contributed by atoms with Crippen molar-refractivity contribution in [3.8, 4) is 0 Å². The van der Waals surface area contributed by atoms with Gasteiger partial charge in [-0.05, 0) is 32.1 Å². The SMILES string of the molecule is CCC1(C(=O)O)CCCN(C(=O)CCNC2CC2)C1. The zero-order valence-corrected chi connectivity index (χ0v) is 11.7. The van der Waals surface area contributed by atoms with Crippen LogP contribution in [-0.4, -0.2) is 47.6 Å². The van der Waals surface area contributed by atoms with Crippen LogP contribution in [-0.2, 0) is 9.59 Å². The van der Waals surface area contributed by atoms with Gasteiger partial charge in [0.1, 0.15) is 0 Å². The fourth-order valence-corrected chi connectivity index (χ4v) is 2.79. The first-order chi connectivity index (χ1) is 9.07. The van der Waals surface area contributed by atoms with E-state index in [1.807, 2.05) is 6.92 Å². The molecule has 2 N–H and O–H groups in total. The number of likely N-dealkylation sites (tertiary alicyclic amines) is 1. The Hall–Kier alpha value is -1.10. The zero-order valence-electron chi connectivity index (χ0n) is 11.7. The van der Waals surface area contributed by atoms with Crippen LogP contribution in [0.3, 0.4) is 0 Å². The molecule has 0 aromatic rings. The summed E-state index contributed by atoms with van der Waals surface area (Å²) in [5.74, 6) is -0.671. The molecule has 5 heteroatoms. The molecule has 1 unspecified atom stereocenters. The Morgan fingerprint density at radius 3 is 2.74 bits per heavy atom. The minimum absolute atomic E-state index is 0.0897. The van der Waals surface area contributed by atoms with Crippen LogP contribution in [0.15, 0.2) is 0 Å². The lowest BCUT2D eigenvalue weighted by atomic mass is 9.77. The number of piperidine rings is 1. The second-order valence-corrected chi connectivity index (χ2v) is 5.84. The standard InChI is InChI=1S/C14H24N2O3/c1-2-14(13(18)19)7-3-9-16(10-14)12(17)6-8-15-11-4-5-11/h11,15H,2-10H2,1H3,(H,18,19). The Morgan fingerprint density at radius 1 is 1.42 bits per heavy atom. The highest BCUT2D eigenvalue weighted by Gasteiger charge is 2.41. The summed E-state index contributed by atoms with van der Waals surface area (Å²) in [6, 6.07) is 0.614. The van der Waals surface area contributed by atoms with E-state index in [1.54, 1.807) is 4.90 Å². The number of rotatable bonds is 6. The normalized spacial score (nSPS) is 27.3. The van der Waals surface area contributed by atoms with Gasteiger partial charge in [0.05, 0.1) is 5.41 Å². The predicted octanol–water partition coefficient (Wildman–Crippen LogP) is 1.23. The summed E-state index contributed by atoms with van der Waals surface area (Å²) in [6.45, 7) is 3.70. The molecule has 1 amide bonds. The third-order valence-corrected chi connectivity index (χ3v) is 4.41. The molecule has 0 aromatic carbocycles. The van der Waals surface area contributed by atoms with Crippen LogP contribution in [0.25, 0.3) is 0 Å². The third kappa shape index (κ3) is 3.47. The van der Waals surface area contributed by atoms with Gasteiger partial charge in [0.2, 0.25) is 5.91 Å². The van der Waals surface area contributed by atoms with Crippen LogP contribution in [0.2, 0.25) is 0 Å². The average molecular weight is 268 g/mol. The van der Waals surface area contributed by atoms with Gasteiger partial charge in [-0.3, -0.25) is 9.59 Å². The molecule has 1 saturated heterocycles. The van der Waals surface area contributed by atoms with Crippen LogP contribution in [0.5, 0.6) is 0 Å². The fraction of sp³-hybridized carbons (Fsp3) is 0.857. The summed E-state index contributed by atoms with van der Waals surface area (Å²) in [7, 11) is 0. The molecule has 1 saturated carbocycles. The van der Waals surface area contributed by atoms with E-state index in [2.05, 4.69) is 5.32 Å². The first kappa shape index (κ1) is 14.3. The summed E-state index contributed by atoms with van der Waals surface area (Å²) in [5.41, 5.74) is -0.724. The number of carboxylic acids is 1. The van der Waals surface area contributed by atoms with Gasteiger partial charge in [0.25, 0.3) is 0 Å². The summed E-state index contributed by atoms with van der Waals surface area (Å²) >= 11 is 0. The Morgan fingerprint density at radius 2 is 2.16 bits per heavy atom. The minimum atomic E-state index is -0.761. The van der Waals surface area contributed by atoms with Crippen molar-refractivity contribution in [2.75, 3.05) is 19.6 Å². The van der Waals surface area contributed by atoms with Gasteiger partial charge in [-0.1, -0.05) is 6.92 Å². The highest BCUT2D eigenvalue weighted by Crippen LogP contribution is 2.33. The van der Waals surface area contributed by atoms with Crippen LogP contribution in [0.4, 0.5) is 0 Å². The van der Waals surface area contributed by atoms with Crippen LogP contribution in [0, 0.1) is 5.41 Å². The minimum Gasteiger partial charge on any atom is -0.481 e. The van der Waals surface area contributed by atoms with Gasteiger partial charge in [0.15, 0.2) is 0 Å². The number of carboxylic acid groups (broad SMARTS) is 1. The third-order valence-electron chi connectivity index (χ3n) is 4.41. The zero-order chi connectivity index (χ0) is 13.9. The van der Waals surface area contributed by atoms with Crippen LogP contribution < -0.4 is 5.32 Å². The van der Waals surface area contributed by atoms with Crippen LogP contribution >= 0.6 is 0 Å². The van der Waals surface area contributed by atoms with E-state index >= 15 is 0 Å². The molecule has 1 atom stereocenters. The van der Waals surface area contributed by atoms with E-state index in [-0.39, 0.29) is 5.91 Å². The molecular formula is C14H24N2O3. The lowest BCUT2D eigenvalue weighted by molar-refractivity contribution is -0.155. The molecule has 0 bridgehead atoms. The largest absolute Gasteiger partial charge is 0.481 e. The van der Waals surface area contributed by atoms with Crippen molar-refractivity contribution < 1.29 is 14.7 Å². The second-order valence-electron chi connectivity index (χ2n) is 5.84. The summed E-state index contributed by atoms with van der Waals surface area (Å²) < 4.78 is 0. The number of carbonyl (C=O) groups is 2. The lowest BCUT2D eigenvalue weighted by Crippen LogP contribution is -2.50. The van der Waals surface area contributed by atoms with E-state index in [0.29, 0.717) is 44.9 Å². The van der Waals surface area contributed by atoms with Crippen molar-refractivity contribution in [1.29, 1.82) is 0 Å². The average Bonchev–Trinajstić information content (AvgIpc) is 3.22. The van der Waals surface area contributed by atoms with Gasteiger partial charge in [-0.25, -0.2) is 0 Å². The monoisotopic (exact) mass is 268 g/mol. The number of amides is 1. The molecule has 5 nitrogen and oxygen atoms in total. The van der Waals surface area contributed by atoms with Gasteiger partial charge < -0.3 is 15.3 Å². The van der Waals surface area contributed by atoms with Gasteiger partial charge in [0, 0.05) is 32.1 Å². The number of carbonyl (C=O) groups excluding carboxylic acids is 1. The van der Waals surface area contributed by atoms with E-state index < -0.39 is 11.4 Å². The molecule has 0 spiro atoms. The molecule has 2 rings (SSSR count). The predicted molar refractivity (Wildman–Crippen MR) is 71.8 cm³/mol. The van der Waals surface area contributed by atoms with Crippen molar-refractivity contribution in [2.24, 2.45) is 5.41 Å². The van der Waals surface area contributed by atoms with Gasteiger partial charge in [-0.15, -0.1) is 0 Å². The Bertz CT molecular complexity index is 355.